The van der Waals surface area contributed by atoms with Crippen LogP contribution in [-0.2, 0) is 16.2 Å². The molecule has 0 unspecified atom stereocenters. The molecule has 0 saturated heterocycles. The van der Waals surface area contributed by atoms with E-state index in [4.69, 9.17) is 4.84 Å². The largest absolute Gasteiger partial charge is 0.272 e. The zero-order valence-electron chi connectivity index (χ0n) is 16.9. The van der Waals surface area contributed by atoms with Gasteiger partial charge in [-0.2, -0.15) is 0 Å². The van der Waals surface area contributed by atoms with Crippen molar-refractivity contribution in [1.82, 2.24) is 25.2 Å². The zero-order valence-corrected chi connectivity index (χ0v) is 17.7. The topological polar surface area (TPSA) is 81.9 Å². The van der Waals surface area contributed by atoms with Crippen LogP contribution in [0.2, 0.25) is 0 Å². The first kappa shape index (κ1) is 20.8. The summed E-state index contributed by atoms with van der Waals surface area (Å²) in [6.45, 7) is 2.35. The molecule has 4 rings (SSSR count). The fourth-order valence-electron chi connectivity index (χ4n) is 2.91. The Kier molecular flexibility index (Phi) is 6.71. The number of nitrogens with zero attached hydrogens (tertiary/aromatic N) is 4. The molecule has 31 heavy (non-hydrogen) atoms. The second kappa shape index (κ2) is 10.0. The predicted octanol–water partition coefficient (Wildman–Crippen LogP) is 3.98. The number of hydrogen-bond acceptors (Lipinski definition) is 6. The van der Waals surface area contributed by atoms with Crippen molar-refractivity contribution in [3.05, 3.63) is 90.3 Å². The maximum atomic E-state index is 12.3. The van der Waals surface area contributed by atoms with E-state index in [-0.39, 0.29) is 11.7 Å². The number of benzene rings is 2. The van der Waals surface area contributed by atoms with Gasteiger partial charge in [-0.3, -0.25) is 19.2 Å². The number of aryl methyl sites for hydroxylation is 1. The third kappa shape index (κ3) is 5.36. The van der Waals surface area contributed by atoms with Crippen molar-refractivity contribution in [2.24, 2.45) is 0 Å². The minimum absolute atomic E-state index is 0.148. The summed E-state index contributed by atoms with van der Waals surface area (Å²) in [4.78, 5) is 21.6. The summed E-state index contributed by atoms with van der Waals surface area (Å²) in [5.74, 6) is 0.592. The minimum Gasteiger partial charge on any atom is -0.272 e. The second-order valence-corrected chi connectivity index (χ2v) is 7.74. The fourth-order valence-corrected chi connectivity index (χ4v) is 3.65. The van der Waals surface area contributed by atoms with Gasteiger partial charge in [0, 0.05) is 23.6 Å². The molecule has 2 heterocycles. The number of carbonyl (C=O) groups excluding carboxylic acids is 1. The molecule has 2 aromatic carbocycles. The van der Waals surface area contributed by atoms with E-state index in [1.54, 1.807) is 12.4 Å². The highest BCUT2D eigenvalue weighted by atomic mass is 32.2. The monoisotopic (exact) mass is 431 g/mol. The van der Waals surface area contributed by atoms with Crippen molar-refractivity contribution < 1.29 is 9.63 Å². The molecule has 0 spiro atoms. The number of hydrogen-bond donors (Lipinski definition) is 1. The number of carbonyl (C=O) groups is 1. The van der Waals surface area contributed by atoms with Crippen LogP contribution < -0.4 is 5.48 Å². The van der Waals surface area contributed by atoms with Crippen molar-refractivity contribution in [1.29, 1.82) is 0 Å². The molecule has 2 aromatic heterocycles. The van der Waals surface area contributed by atoms with E-state index < -0.39 is 0 Å². The van der Waals surface area contributed by atoms with Crippen LogP contribution >= 0.6 is 11.8 Å². The van der Waals surface area contributed by atoms with Crippen LogP contribution in [0.15, 0.2) is 84.3 Å². The number of thioether (sulfide) groups is 1. The molecule has 4 aromatic rings. The van der Waals surface area contributed by atoms with E-state index in [0.717, 1.165) is 22.4 Å². The first-order chi connectivity index (χ1) is 15.2. The lowest BCUT2D eigenvalue weighted by Gasteiger charge is -2.11. The van der Waals surface area contributed by atoms with Crippen molar-refractivity contribution in [2.45, 2.75) is 18.7 Å². The Morgan fingerprint density at radius 3 is 2.48 bits per heavy atom. The summed E-state index contributed by atoms with van der Waals surface area (Å²) in [5.41, 5.74) is 6.44. The quantitative estimate of drug-likeness (QED) is 0.336. The third-order valence-corrected chi connectivity index (χ3v) is 5.39. The maximum absolute atomic E-state index is 12.3. The standard InChI is InChI=1S/C23H21N5O2S/c1-17-7-9-20(10-8-17)28-22(19-11-13-24-14-12-19)25-26-23(28)31-16-21(29)27-30-15-18-5-3-2-4-6-18/h2-14H,15-16H2,1H3,(H,27,29). The van der Waals surface area contributed by atoms with Gasteiger partial charge in [0.1, 0.15) is 0 Å². The summed E-state index contributed by atoms with van der Waals surface area (Å²) < 4.78 is 1.94. The number of rotatable bonds is 8. The van der Waals surface area contributed by atoms with Crippen LogP contribution in [0.3, 0.4) is 0 Å². The van der Waals surface area contributed by atoms with Gasteiger partial charge in [-0.15, -0.1) is 10.2 Å². The molecule has 1 amide bonds. The van der Waals surface area contributed by atoms with Crippen molar-refractivity contribution in [3.8, 4) is 17.1 Å². The highest BCUT2D eigenvalue weighted by Gasteiger charge is 2.17. The number of nitrogens with one attached hydrogen (secondary N) is 1. The van der Waals surface area contributed by atoms with E-state index in [1.807, 2.05) is 78.2 Å². The van der Waals surface area contributed by atoms with Gasteiger partial charge in [0.15, 0.2) is 11.0 Å². The van der Waals surface area contributed by atoms with Gasteiger partial charge in [-0.05, 0) is 36.8 Å². The Balaban J connectivity index is 1.47. The van der Waals surface area contributed by atoms with Gasteiger partial charge in [0.25, 0.3) is 5.91 Å². The van der Waals surface area contributed by atoms with Crippen LogP contribution in [0.25, 0.3) is 17.1 Å². The Morgan fingerprint density at radius 1 is 1.00 bits per heavy atom. The zero-order chi connectivity index (χ0) is 21.5. The second-order valence-electron chi connectivity index (χ2n) is 6.80. The molecule has 156 valence electrons. The molecule has 0 aliphatic heterocycles. The molecular weight excluding hydrogens is 410 g/mol. The van der Waals surface area contributed by atoms with Crippen LogP contribution in [-0.4, -0.2) is 31.4 Å². The average molecular weight is 432 g/mol. The van der Waals surface area contributed by atoms with Crippen LogP contribution in [0.1, 0.15) is 11.1 Å². The average Bonchev–Trinajstić information content (AvgIpc) is 3.23. The molecule has 0 atom stereocenters. The summed E-state index contributed by atoms with van der Waals surface area (Å²) in [6, 6.07) is 21.5. The van der Waals surface area contributed by atoms with Gasteiger partial charge in [-0.1, -0.05) is 59.8 Å². The molecule has 0 radical (unpaired) electrons. The molecule has 1 N–H and O–H groups in total. The Labute approximate surface area is 184 Å². The minimum atomic E-state index is -0.246. The van der Waals surface area contributed by atoms with Crippen molar-refractivity contribution in [3.63, 3.8) is 0 Å². The highest BCUT2D eigenvalue weighted by molar-refractivity contribution is 7.99. The van der Waals surface area contributed by atoms with Gasteiger partial charge in [0.2, 0.25) is 0 Å². The lowest BCUT2D eigenvalue weighted by molar-refractivity contribution is -0.131. The van der Waals surface area contributed by atoms with Crippen molar-refractivity contribution >= 4 is 17.7 Å². The molecule has 0 saturated carbocycles. The smallest absolute Gasteiger partial charge is 0.254 e. The molecule has 8 heteroatoms. The van der Waals surface area contributed by atoms with E-state index >= 15 is 0 Å². The summed E-state index contributed by atoms with van der Waals surface area (Å²) >= 11 is 1.30. The van der Waals surface area contributed by atoms with E-state index in [9.17, 15) is 4.79 Å². The van der Waals surface area contributed by atoms with Crippen LogP contribution in [0.5, 0.6) is 0 Å². The lowest BCUT2D eigenvalue weighted by Crippen LogP contribution is -2.25. The Hall–Kier alpha value is -3.49. The SMILES string of the molecule is Cc1ccc(-n2c(SCC(=O)NOCc3ccccc3)nnc2-c2ccncc2)cc1. The Morgan fingerprint density at radius 2 is 1.74 bits per heavy atom. The molecule has 7 nitrogen and oxygen atoms in total. The van der Waals surface area contributed by atoms with Crippen molar-refractivity contribution in [2.75, 3.05) is 5.75 Å². The van der Waals surface area contributed by atoms with Crippen LogP contribution in [0.4, 0.5) is 0 Å². The van der Waals surface area contributed by atoms with E-state index in [0.29, 0.717) is 17.6 Å². The predicted molar refractivity (Wildman–Crippen MR) is 119 cm³/mol. The third-order valence-electron chi connectivity index (χ3n) is 4.46. The molecular formula is C23H21N5O2S. The molecule has 0 bridgehead atoms. The van der Waals surface area contributed by atoms with Crippen LogP contribution in [0, 0.1) is 6.92 Å². The summed E-state index contributed by atoms with van der Waals surface area (Å²) in [5, 5.41) is 9.31. The number of amides is 1. The number of pyridine rings is 1. The van der Waals surface area contributed by atoms with Gasteiger partial charge in [0.05, 0.1) is 12.4 Å². The van der Waals surface area contributed by atoms with E-state index in [2.05, 4.69) is 20.7 Å². The highest BCUT2D eigenvalue weighted by Crippen LogP contribution is 2.27. The molecule has 0 fully saturated rings. The maximum Gasteiger partial charge on any atom is 0.254 e. The summed E-state index contributed by atoms with van der Waals surface area (Å²) in [7, 11) is 0. The number of hydroxylamine groups is 1. The summed E-state index contributed by atoms with van der Waals surface area (Å²) in [6.07, 6.45) is 3.43. The molecule has 0 aliphatic rings. The first-order valence-electron chi connectivity index (χ1n) is 9.71. The van der Waals surface area contributed by atoms with Gasteiger partial charge >= 0.3 is 0 Å². The fraction of sp³-hybridized carbons (Fsp3) is 0.130. The van der Waals surface area contributed by atoms with Gasteiger partial charge < -0.3 is 0 Å². The van der Waals surface area contributed by atoms with E-state index in [1.165, 1.54) is 11.8 Å². The normalized spacial score (nSPS) is 10.7. The number of aromatic nitrogens is 4. The molecule has 0 aliphatic carbocycles. The first-order valence-corrected chi connectivity index (χ1v) is 10.7. The Bertz CT molecular complexity index is 1130. The van der Waals surface area contributed by atoms with Gasteiger partial charge in [-0.25, -0.2) is 5.48 Å². The lowest BCUT2D eigenvalue weighted by atomic mass is 10.2.